The number of carbonyl (C=O) groups excluding carboxylic acids is 1. The molecule has 2 aliphatic heterocycles. The molecule has 7 nitrogen and oxygen atoms in total. The third-order valence-electron chi connectivity index (χ3n) is 6.60. The number of methoxy groups -OCH3 is 1. The SMILES string of the molecule is CNCCOC1=C=C=C(c2cc(N3C[C@H]4CCNC(=O)[C@H]4C3)c3cc(F)c(OC)cc3n2)C=C1. The number of benzene rings is 1. The third-order valence-corrected chi connectivity index (χ3v) is 6.60. The Hall–Kier alpha value is -3.57. The van der Waals surface area contributed by atoms with Crippen LogP contribution in [0, 0.1) is 17.7 Å². The van der Waals surface area contributed by atoms with E-state index >= 15 is 0 Å². The normalized spacial score (nSPS) is 21.3. The molecule has 0 unspecified atom stereocenters. The molecule has 176 valence electrons. The van der Waals surface area contributed by atoms with Crippen LogP contribution in [-0.4, -0.2) is 57.8 Å². The van der Waals surface area contributed by atoms with Gasteiger partial charge in [0, 0.05) is 43.3 Å². The van der Waals surface area contributed by atoms with Gasteiger partial charge in [0.1, 0.15) is 6.61 Å². The summed E-state index contributed by atoms with van der Waals surface area (Å²) in [7, 11) is 3.31. The van der Waals surface area contributed by atoms with E-state index in [1.807, 2.05) is 25.3 Å². The molecule has 2 aromatic rings. The van der Waals surface area contributed by atoms with Gasteiger partial charge in [-0.2, -0.15) is 0 Å². The number of likely N-dealkylation sites (N-methyl/N-ethyl adjacent to an activating group) is 1. The minimum absolute atomic E-state index is 0.0579. The number of allylic oxidation sites excluding steroid dienone is 3. The topological polar surface area (TPSA) is 75.7 Å². The lowest BCUT2D eigenvalue weighted by molar-refractivity contribution is -0.127. The van der Waals surface area contributed by atoms with E-state index in [-0.39, 0.29) is 23.5 Å². The Morgan fingerprint density at radius 1 is 1.26 bits per heavy atom. The van der Waals surface area contributed by atoms with Crippen LogP contribution in [-0.2, 0) is 9.53 Å². The van der Waals surface area contributed by atoms with Gasteiger partial charge in [-0.25, -0.2) is 9.37 Å². The summed E-state index contributed by atoms with van der Waals surface area (Å²) >= 11 is 0. The third kappa shape index (κ3) is 4.19. The van der Waals surface area contributed by atoms with Gasteiger partial charge in [-0.15, -0.1) is 0 Å². The largest absolute Gasteiger partial charge is 0.494 e. The first-order chi connectivity index (χ1) is 16.6. The van der Waals surface area contributed by atoms with E-state index in [2.05, 4.69) is 27.0 Å². The molecule has 2 atom stereocenters. The fraction of sp³-hybridized carbons (Fsp3) is 0.385. The number of anilines is 1. The van der Waals surface area contributed by atoms with Gasteiger partial charge in [0.15, 0.2) is 17.3 Å². The molecule has 0 saturated carbocycles. The lowest BCUT2D eigenvalue weighted by Gasteiger charge is -2.23. The van der Waals surface area contributed by atoms with Crippen LogP contribution >= 0.6 is 0 Å². The zero-order valence-corrected chi connectivity index (χ0v) is 19.3. The summed E-state index contributed by atoms with van der Waals surface area (Å²) in [4.78, 5) is 19.4. The molecule has 5 rings (SSSR count). The molecule has 3 heterocycles. The minimum Gasteiger partial charge on any atom is -0.494 e. The van der Waals surface area contributed by atoms with Gasteiger partial charge in [-0.1, -0.05) is 5.73 Å². The number of rotatable bonds is 7. The number of aromatic nitrogens is 1. The molecule has 1 aliphatic carbocycles. The molecular weight excluding hydrogens is 435 g/mol. The second-order valence-electron chi connectivity index (χ2n) is 8.70. The highest BCUT2D eigenvalue weighted by Crippen LogP contribution is 2.38. The first-order valence-corrected chi connectivity index (χ1v) is 11.5. The standard InChI is InChI=1S/C26H27FN4O3/c1-28-9-10-34-18-5-3-16(4-6-18)22-12-24(19-11-21(27)25(33-2)13-23(19)30-22)31-14-17-7-8-29-26(32)20(17)15-31/h3,5,11-13,17,20,28H,7-10,14-15H2,1-2H3,(H,29,32)/t17-,20+/m1/s1. The number of hydrogen-bond donors (Lipinski definition) is 2. The zero-order valence-electron chi connectivity index (χ0n) is 19.3. The van der Waals surface area contributed by atoms with E-state index in [4.69, 9.17) is 14.5 Å². The van der Waals surface area contributed by atoms with Gasteiger partial charge in [-0.3, -0.25) is 4.79 Å². The highest BCUT2D eigenvalue weighted by Gasteiger charge is 2.40. The molecular formula is C26H27FN4O3. The van der Waals surface area contributed by atoms with Crippen molar-refractivity contribution in [1.29, 1.82) is 0 Å². The second-order valence-corrected chi connectivity index (χ2v) is 8.70. The molecule has 8 heteroatoms. The number of pyridine rings is 1. The zero-order chi connectivity index (χ0) is 23.7. The fourth-order valence-electron chi connectivity index (χ4n) is 4.80. The van der Waals surface area contributed by atoms with Gasteiger partial charge in [0.2, 0.25) is 5.91 Å². The highest BCUT2D eigenvalue weighted by molar-refractivity contribution is 5.96. The van der Waals surface area contributed by atoms with Crippen molar-refractivity contribution in [1.82, 2.24) is 15.6 Å². The molecule has 0 radical (unpaired) electrons. The Labute approximate surface area is 197 Å². The molecule has 3 aliphatic rings. The maximum atomic E-state index is 14.7. The average molecular weight is 463 g/mol. The number of fused-ring (bicyclic) bond motifs is 2. The molecule has 1 aromatic heterocycles. The molecule has 0 bridgehead atoms. The molecule has 2 saturated heterocycles. The van der Waals surface area contributed by atoms with Gasteiger partial charge < -0.3 is 25.0 Å². The van der Waals surface area contributed by atoms with Crippen molar-refractivity contribution in [2.75, 3.05) is 51.8 Å². The Balaban J connectivity index is 1.58. The molecule has 2 fully saturated rings. The summed E-state index contributed by atoms with van der Waals surface area (Å²) in [6.07, 6.45) is 4.68. The highest BCUT2D eigenvalue weighted by atomic mass is 19.1. The fourth-order valence-corrected chi connectivity index (χ4v) is 4.80. The lowest BCUT2D eigenvalue weighted by atomic mass is 9.89. The smallest absolute Gasteiger partial charge is 0.225 e. The van der Waals surface area contributed by atoms with E-state index in [1.54, 1.807) is 6.07 Å². The van der Waals surface area contributed by atoms with Gasteiger partial charge >= 0.3 is 0 Å². The van der Waals surface area contributed by atoms with Crippen LogP contribution in [0.5, 0.6) is 5.75 Å². The second kappa shape index (κ2) is 9.35. The van der Waals surface area contributed by atoms with Crippen LogP contribution in [0.1, 0.15) is 12.1 Å². The number of hydrogen-bond acceptors (Lipinski definition) is 6. The Morgan fingerprint density at radius 3 is 2.88 bits per heavy atom. The van der Waals surface area contributed by atoms with Crippen molar-refractivity contribution in [3.63, 3.8) is 0 Å². The number of piperidine rings is 1. The summed E-state index contributed by atoms with van der Waals surface area (Å²) in [5.74, 6) is 0.639. The van der Waals surface area contributed by atoms with Gasteiger partial charge in [0.05, 0.1) is 29.8 Å². The number of carbonyl (C=O) groups is 1. The molecule has 34 heavy (non-hydrogen) atoms. The van der Waals surface area contributed by atoms with Crippen LogP contribution in [0.25, 0.3) is 16.5 Å². The lowest BCUT2D eigenvalue weighted by Crippen LogP contribution is -2.41. The monoisotopic (exact) mass is 462 g/mol. The summed E-state index contributed by atoms with van der Waals surface area (Å²) in [6, 6.07) is 5.04. The summed E-state index contributed by atoms with van der Waals surface area (Å²) in [5.41, 5.74) is 9.09. The number of nitrogens with zero attached hydrogens (tertiary/aromatic N) is 2. The van der Waals surface area contributed by atoms with Crippen LogP contribution < -0.4 is 20.3 Å². The van der Waals surface area contributed by atoms with E-state index in [9.17, 15) is 9.18 Å². The van der Waals surface area contributed by atoms with Crippen molar-refractivity contribution in [2.45, 2.75) is 6.42 Å². The van der Waals surface area contributed by atoms with Gasteiger partial charge in [0.25, 0.3) is 0 Å². The van der Waals surface area contributed by atoms with E-state index < -0.39 is 5.82 Å². The summed E-state index contributed by atoms with van der Waals surface area (Å²) in [5, 5.41) is 6.69. The number of ether oxygens (including phenoxy) is 2. The Bertz CT molecular complexity index is 1270. The number of nitrogens with one attached hydrogen (secondary N) is 2. The Kier molecular flexibility index (Phi) is 6.12. The van der Waals surface area contributed by atoms with E-state index in [0.29, 0.717) is 42.1 Å². The van der Waals surface area contributed by atoms with Gasteiger partial charge in [-0.05, 0) is 49.4 Å². The van der Waals surface area contributed by atoms with Crippen molar-refractivity contribution in [3.8, 4) is 5.75 Å². The first kappa shape index (κ1) is 22.2. The molecule has 1 amide bonds. The quantitative estimate of drug-likeness (QED) is 0.487. The average Bonchev–Trinajstić information content (AvgIpc) is 3.29. The maximum Gasteiger partial charge on any atom is 0.225 e. The van der Waals surface area contributed by atoms with Crippen molar-refractivity contribution >= 4 is 28.1 Å². The predicted molar refractivity (Wildman–Crippen MR) is 128 cm³/mol. The minimum atomic E-state index is -0.442. The van der Waals surface area contributed by atoms with Crippen LogP contribution in [0.2, 0.25) is 0 Å². The Morgan fingerprint density at radius 2 is 2.15 bits per heavy atom. The van der Waals surface area contributed by atoms with Crippen molar-refractivity contribution in [3.05, 3.63) is 59.1 Å². The molecule has 0 spiro atoms. The number of halogens is 1. The molecule has 2 N–H and O–H groups in total. The van der Waals surface area contributed by atoms with Crippen molar-refractivity contribution in [2.24, 2.45) is 11.8 Å². The summed E-state index contributed by atoms with van der Waals surface area (Å²) in [6.45, 7) is 3.32. The number of amides is 1. The van der Waals surface area contributed by atoms with Crippen molar-refractivity contribution < 1.29 is 18.7 Å². The summed E-state index contributed by atoms with van der Waals surface area (Å²) < 4.78 is 25.5. The van der Waals surface area contributed by atoms with E-state index in [1.165, 1.54) is 13.2 Å². The predicted octanol–water partition coefficient (Wildman–Crippen LogP) is 2.78. The van der Waals surface area contributed by atoms with Crippen LogP contribution in [0.3, 0.4) is 0 Å². The molecule has 1 aromatic carbocycles. The van der Waals surface area contributed by atoms with Crippen LogP contribution in [0.4, 0.5) is 10.1 Å². The maximum absolute atomic E-state index is 14.7. The van der Waals surface area contributed by atoms with Crippen LogP contribution in [0.15, 0.2) is 47.6 Å². The van der Waals surface area contributed by atoms with E-state index in [0.717, 1.165) is 30.8 Å². The first-order valence-electron chi connectivity index (χ1n) is 11.5.